The van der Waals surface area contributed by atoms with Crippen LogP contribution in [-0.4, -0.2) is 23.3 Å². The van der Waals surface area contributed by atoms with E-state index < -0.39 is 0 Å². The largest absolute Gasteiger partial charge is 0.323 e. The minimum absolute atomic E-state index is 0.150. The third-order valence-corrected chi connectivity index (χ3v) is 3.85. The SMILES string of the molecule is CCCN1C(=O)NC(=N)C1c1ccc(C2CC2)cc1. The van der Waals surface area contributed by atoms with Gasteiger partial charge in [0.05, 0.1) is 0 Å². The molecule has 2 aliphatic rings. The van der Waals surface area contributed by atoms with Crippen LogP contribution in [0, 0.1) is 5.41 Å². The van der Waals surface area contributed by atoms with Crippen LogP contribution in [0.25, 0.3) is 0 Å². The van der Waals surface area contributed by atoms with Gasteiger partial charge in [0.15, 0.2) is 0 Å². The number of nitrogens with one attached hydrogen (secondary N) is 2. The lowest BCUT2D eigenvalue weighted by atomic mass is 10.0. The number of amides is 2. The van der Waals surface area contributed by atoms with E-state index in [9.17, 15) is 4.79 Å². The number of hydrogen-bond donors (Lipinski definition) is 2. The molecule has 1 aromatic carbocycles. The average Bonchev–Trinajstić information content (AvgIpc) is 3.19. The van der Waals surface area contributed by atoms with Crippen LogP contribution in [0.5, 0.6) is 0 Å². The molecule has 3 rings (SSSR count). The molecule has 1 aromatic rings. The van der Waals surface area contributed by atoms with Gasteiger partial charge in [-0.15, -0.1) is 0 Å². The fraction of sp³-hybridized carbons (Fsp3) is 0.467. The summed E-state index contributed by atoms with van der Waals surface area (Å²) in [6.07, 6.45) is 3.48. The number of carbonyl (C=O) groups is 1. The smallest absolute Gasteiger partial charge is 0.310 e. The van der Waals surface area contributed by atoms with E-state index in [4.69, 9.17) is 5.41 Å². The Labute approximate surface area is 113 Å². The summed E-state index contributed by atoms with van der Waals surface area (Å²) in [5.41, 5.74) is 2.41. The Hall–Kier alpha value is -1.84. The summed E-state index contributed by atoms with van der Waals surface area (Å²) in [5.74, 6) is 1.03. The zero-order valence-corrected chi connectivity index (χ0v) is 11.1. The van der Waals surface area contributed by atoms with Crippen molar-refractivity contribution in [2.45, 2.75) is 38.1 Å². The fourth-order valence-electron chi connectivity index (χ4n) is 2.71. The van der Waals surface area contributed by atoms with Crippen molar-refractivity contribution in [3.05, 3.63) is 35.4 Å². The van der Waals surface area contributed by atoms with Crippen LogP contribution in [0.3, 0.4) is 0 Å². The minimum Gasteiger partial charge on any atom is -0.310 e. The Bertz CT molecular complexity index is 505. The summed E-state index contributed by atoms with van der Waals surface area (Å²) in [6, 6.07) is 8.04. The summed E-state index contributed by atoms with van der Waals surface area (Å²) in [7, 11) is 0. The Morgan fingerprint density at radius 2 is 1.89 bits per heavy atom. The predicted molar refractivity (Wildman–Crippen MR) is 74.4 cm³/mol. The zero-order valence-electron chi connectivity index (χ0n) is 11.1. The number of hydrogen-bond acceptors (Lipinski definition) is 2. The van der Waals surface area contributed by atoms with Crippen molar-refractivity contribution in [2.75, 3.05) is 6.54 Å². The summed E-state index contributed by atoms with van der Waals surface area (Å²) >= 11 is 0. The van der Waals surface area contributed by atoms with Crippen molar-refractivity contribution >= 4 is 11.9 Å². The van der Waals surface area contributed by atoms with Gasteiger partial charge < -0.3 is 4.90 Å². The molecule has 4 heteroatoms. The van der Waals surface area contributed by atoms with Crippen LogP contribution in [0.2, 0.25) is 0 Å². The first-order valence-corrected chi connectivity index (χ1v) is 6.96. The van der Waals surface area contributed by atoms with Gasteiger partial charge in [0.25, 0.3) is 0 Å². The van der Waals surface area contributed by atoms with Gasteiger partial charge >= 0.3 is 6.03 Å². The van der Waals surface area contributed by atoms with Crippen LogP contribution in [0.15, 0.2) is 24.3 Å². The van der Waals surface area contributed by atoms with Gasteiger partial charge in [-0.2, -0.15) is 0 Å². The van der Waals surface area contributed by atoms with Crippen molar-refractivity contribution in [1.82, 2.24) is 10.2 Å². The minimum atomic E-state index is -0.235. The van der Waals surface area contributed by atoms with Crippen LogP contribution in [-0.2, 0) is 0 Å². The molecule has 100 valence electrons. The lowest BCUT2D eigenvalue weighted by molar-refractivity contribution is 0.206. The van der Waals surface area contributed by atoms with E-state index in [1.54, 1.807) is 4.90 Å². The van der Waals surface area contributed by atoms with E-state index in [1.165, 1.54) is 18.4 Å². The van der Waals surface area contributed by atoms with E-state index in [2.05, 4.69) is 29.6 Å². The average molecular weight is 257 g/mol. The van der Waals surface area contributed by atoms with Crippen LogP contribution in [0.4, 0.5) is 4.79 Å². The number of nitrogens with zero attached hydrogens (tertiary/aromatic N) is 1. The molecule has 1 atom stereocenters. The van der Waals surface area contributed by atoms with E-state index >= 15 is 0 Å². The van der Waals surface area contributed by atoms with Crippen LogP contribution < -0.4 is 5.32 Å². The lowest BCUT2D eigenvalue weighted by Crippen LogP contribution is -2.30. The van der Waals surface area contributed by atoms with Crippen molar-refractivity contribution in [3.8, 4) is 0 Å². The number of benzene rings is 1. The quantitative estimate of drug-likeness (QED) is 0.856. The molecule has 1 saturated carbocycles. The highest BCUT2D eigenvalue weighted by molar-refractivity contribution is 6.06. The molecule has 2 N–H and O–H groups in total. The van der Waals surface area contributed by atoms with Gasteiger partial charge in [0, 0.05) is 6.54 Å². The van der Waals surface area contributed by atoms with Crippen molar-refractivity contribution in [3.63, 3.8) is 0 Å². The van der Waals surface area contributed by atoms with Gasteiger partial charge in [0.2, 0.25) is 0 Å². The molecule has 1 unspecified atom stereocenters. The first kappa shape index (κ1) is 12.2. The Morgan fingerprint density at radius 1 is 1.26 bits per heavy atom. The highest BCUT2D eigenvalue weighted by Crippen LogP contribution is 2.40. The molecule has 4 nitrogen and oxygen atoms in total. The highest BCUT2D eigenvalue weighted by Gasteiger charge is 2.36. The number of urea groups is 1. The van der Waals surface area contributed by atoms with Gasteiger partial charge in [-0.25, -0.2) is 4.79 Å². The number of rotatable bonds is 4. The van der Waals surface area contributed by atoms with E-state index in [-0.39, 0.29) is 17.9 Å². The molecule has 19 heavy (non-hydrogen) atoms. The van der Waals surface area contributed by atoms with E-state index in [1.807, 2.05) is 6.92 Å². The molecule has 0 bridgehead atoms. The molecule has 0 spiro atoms. The van der Waals surface area contributed by atoms with Gasteiger partial charge in [-0.3, -0.25) is 10.7 Å². The summed E-state index contributed by atoms with van der Waals surface area (Å²) in [4.78, 5) is 13.6. The molecule has 2 amide bonds. The van der Waals surface area contributed by atoms with Gasteiger partial charge in [-0.1, -0.05) is 31.2 Å². The molecule has 0 aromatic heterocycles. The molecular weight excluding hydrogens is 238 g/mol. The monoisotopic (exact) mass is 257 g/mol. The van der Waals surface area contributed by atoms with Crippen molar-refractivity contribution in [1.29, 1.82) is 5.41 Å². The lowest BCUT2D eigenvalue weighted by Gasteiger charge is -2.22. The van der Waals surface area contributed by atoms with Gasteiger partial charge in [-0.05, 0) is 36.3 Å². The maximum absolute atomic E-state index is 11.8. The maximum Gasteiger partial charge on any atom is 0.323 e. The molecular formula is C15H19N3O. The molecule has 1 heterocycles. The van der Waals surface area contributed by atoms with Crippen LogP contribution in [0.1, 0.15) is 49.3 Å². The normalized spacial score (nSPS) is 22.8. The summed E-state index contributed by atoms with van der Waals surface area (Å²) < 4.78 is 0. The molecule has 2 fully saturated rings. The third kappa shape index (κ3) is 2.23. The molecule has 1 aliphatic carbocycles. The van der Waals surface area contributed by atoms with Crippen molar-refractivity contribution < 1.29 is 4.79 Å². The Balaban J connectivity index is 1.85. The summed E-state index contributed by atoms with van der Waals surface area (Å²) in [5, 5.41) is 10.6. The Morgan fingerprint density at radius 3 is 2.47 bits per heavy atom. The second-order valence-electron chi connectivity index (χ2n) is 5.38. The summed E-state index contributed by atoms with van der Waals surface area (Å²) in [6.45, 7) is 2.73. The first-order valence-electron chi connectivity index (χ1n) is 6.96. The third-order valence-electron chi connectivity index (χ3n) is 3.85. The van der Waals surface area contributed by atoms with Crippen molar-refractivity contribution in [2.24, 2.45) is 0 Å². The number of carbonyl (C=O) groups excluding carboxylic acids is 1. The molecule has 1 aliphatic heterocycles. The topological polar surface area (TPSA) is 56.2 Å². The highest BCUT2D eigenvalue weighted by atomic mass is 16.2. The molecule has 1 saturated heterocycles. The standard InChI is InChI=1S/C15H19N3O/c1-2-9-18-13(14(16)17-15(18)19)12-7-5-11(6-8-12)10-3-4-10/h5-8,10,13H,2-4,9H2,1H3,(H2,16,17,19). The second kappa shape index (κ2) is 4.68. The second-order valence-corrected chi connectivity index (χ2v) is 5.38. The van der Waals surface area contributed by atoms with Crippen LogP contribution >= 0.6 is 0 Å². The van der Waals surface area contributed by atoms with Gasteiger partial charge in [0.1, 0.15) is 11.9 Å². The maximum atomic E-state index is 11.8. The van der Waals surface area contributed by atoms with E-state index in [0.717, 1.165) is 17.9 Å². The predicted octanol–water partition coefficient (Wildman–Crippen LogP) is 3.02. The Kier molecular flexibility index (Phi) is 3.01. The molecule has 0 radical (unpaired) electrons. The van der Waals surface area contributed by atoms with E-state index in [0.29, 0.717) is 6.54 Å². The first-order chi connectivity index (χ1) is 9.20. The zero-order chi connectivity index (χ0) is 13.4. The fourth-order valence-corrected chi connectivity index (χ4v) is 2.71. The number of amidine groups is 1.